The molecule has 0 atom stereocenters. The van der Waals surface area contributed by atoms with Crippen LogP contribution in [0.4, 0.5) is 5.69 Å². The second kappa shape index (κ2) is 6.01. The predicted molar refractivity (Wildman–Crippen MR) is 75.0 cm³/mol. The van der Waals surface area contributed by atoms with Gasteiger partial charge in [-0.1, -0.05) is 0 Å². The van der Waals surface area contributed by atoms with E-state index in [-0.39, 0.29) is 23.1 Å². The van der Waals surface area contributed by atoms with E-state index in [0.29, 0.717) is 30.4 Å². The summed E-state index contributed by atoms with van der Waals surface area (Å²) < 4.78 is 0.538. The van der Waals surface area contributed by atoms with Crippen LogP contribution in [0.15, 0.2) is 22.7 Å². The van der Waals surface area contributed by atoms with Gasteiger partial charge in [0.15, 0.2) is 0 Å². The zero-order chi connectivity index (χ0) is 14.7. The minimum atomic E-state index is -0.523. The summed E-state index contributed by atoms with van der Waals surface area (Å²) in [5.41, 5.74) is 0.179. The van der Waals surface area contributed by atoms with Crippen molar-refractivity contribution >= 4 is 27.5 Å². The molecule has 1 heterocycles. The van der Waals surface area contributed by atoms with E-state index in [1.54, 1.807) is 4.90 Å². The standard InChI is InChI=1S/C13H12BrN3O3/c14-12-2-1-10(17(19)20)7-11(12)13(18)16-5-3-9(8-15)4-6-16/h1-2,7,9H,3-6H2. The maximum Gasteiger partial charge on any atom is 0.270 e. The molecule has 1 fully saturated rings. The monoisotopic (exact) mass is 337 g/mol. The fourth-order valence-corrected chi connectivity index (χ4v) is 2.59. The van der Waals surface area contributed by atoms with Crippen LogP contribution in [-0.2, 0) is 0 Å². The molecule has 2 rings (SSSR count). The second-order valence-corrected chi connectivity index (χ2v) is 5.47. The molecule has 1 aromatic rings. The highest BCUT2D eigenvalue weighted by molar-refractivity contribution is 9.10. The Morgan fingerprint density at radius 3 is 2.65 bits per heavy atom. The Balaban J connectivity index is 2.19. The van der Waals surface area contributed by atoms with Crippen LogP contribution in [0, 0.1) is 27.4 Å². The van der Waals surface area contributed by atoms with E-state index in [1.165, 1.54) is 18.2 Å². The predicted octanol–water partition coefficient (Wildman–Crippen LogP) is 2.73. The highest BCUT2D eigenvalue weighted by atomic mass is 79.9. The number of rotatable bonds is 2. The molecule has 1 aromatic carbocycles. The Kier molecular flexibility index (Phi) is 4.35. The third-order valence-electron chi connectivity index (χ3n) is 3.36. The van der Waals surface area contributed by atoms with Crippen molar-refractivity contribution in [3.8, 4) is 6.07 Å². The maximum absolute atomic E-state index is 12.4. The minimum Gasteiger partial charge on any atom is -0.339 e. The number of nitro groups is 1. The van der Waals surface area contributed by atoms with Crippen LogP contribution < -0.4 is 0 Å². The first-order valence-corrected chi connectivity index (χ1v) is 6.95. The van der Waals surface area contributed by atoms with E-state index >= 15 is 0 Å². The van der Waals surface area contributed by atoms with E-state index in [1.807, 2.05) is 0 Å². The molecule has 6 nitrogen and oxygen atoms in total. The van der Waals surface area contributed by atoms with E-state index in [4.69, 9.17) is 5.26 Å². The Hall–Kier alpha value is -1.94. The van der Waals surface area contributed by atoms with Gasteiger partial charge in [0, 0.05) is 35.6 Å². The smallest absolute Gasteiger partial charge is 0.270 e. The number of nitro benzene ring substituents is 1. The fraction of sp³-hybridized carbons (Fsp3) is 0.385. The van der Waals surface area contributed by atoms with Gasteiger partial charge in [0.1, 0.15) is 0 Å². The molecule has 0 aromatic heterocycles. The third-order valence-corrected chi connectivity index (χ3v) is 4.05. The molecule has 20 heavy (non-hydrogen) atoms. The summed E-state index contributed by atoms with van der Waals surface area (Å²) in [6.45, 7) is 1.01. The zero-order valence-corrected chi connectivity index (χ0v) is 12.2. The van der Waals surface area contributed by atoms with Gasteiger partial charge in [0.2, 0.25) is 0 Å². The van der Waals surface area contributed by atoms with Crippen molar-refractivity contribution in [3.63, 3.8) is 0 Å². The first-order chi connectivity index (χ1) is 9.52. The van der Waals surface area contributed by atoms with Gasteiger partial charge in [0.05, 0.1) is 16.6 Å². The summed E-state index contributed by atoms with van der Waals surface area (Å²) in [6, 6.07) is 6.34. The van der Waals surface area contributed by atoms with Crippen LogP contribution in [0.3, 0.4) is 0 Å². The van der Waals surface area contributed by atoms with Crippen molar-refractivity contribution in [2.45, 2.75) is 12.8 Å². The molecule has 7 heteroatoms. The van der Waals surface area contributed by atoms with Gasteiger partial charge in [0.25, 0.3) is 11.6 Å². The summed E-state index contributed by atoms with van der Waals surface area (Å²) in [5.74, 6) is -0.246. The topological polar surface area (TPSA) is 87.2 Å². The normalized spacial score (nSPS) is 15.7. The average Bonchev–Trinajstić information content (AvgIpc) is 2.47. The van der Waals surface area contributed by atoms with E-state index in [2.05, 4.69) is 22.0 Å². The molecular formula is C13H12BrN3O3. The van der Waals surface area contributed by atoms with E-state index in [9.17, 15) is 14.9 Å². The van der Waals surface area contributed by atoms with Gasteiger partial charge >= 0.3 is 0 Å². The number of carbonyl (C=O) groups excluding carboxylic acids is 1. The minimum absolute atomic E-state index is 0.00685. The number of hydrogen-bond acceptors (Lipinski definition) is 4. The highest BCUT2D eigenvalue weighted by Gasteiger charge is 2.25. The van der Waals surface area contributed by atoms with Crippen LogP contribution in [-0.4, -0.2) is 28.8 Å². The number of halogens is 1. The number of amides is 1. The lowest BCUT2D eigenvalue weighted by atomic mass is 9.98. The van der Waals surface area contributed by atoms with Crippen molar-refractivity contribution in [2.75, 3.05) is 13.1 Å². The highest BCUT2D eigenvalue weighted by Crippen LogP contribution is 2.25. The largest absolute Gasteiger partial charge is 0.339 e. The summed E-state index contributed by atoms with van der Waals surface area (Å²) in [7, 11) is 0. The number of likely N-dealkylation sites (tertiary alicyclic amines) is 1. The molecule has 0 spiro atoms. The second-order valence-electron chi connectivity index (χ2n) is 4.62. The van der Waals surface area contributed by atoms with Crippen LogP contribution in [0.5, 0.6) is 0 Å². The first-order valence-electron chi connectivity index (χ1n) is 6.15. The van der Waals surface area contributed by atoms with Gasteiger partial charge in [-0.25, -0.2) is 0 Å². The van der Waals surface area contributed by atoms with Crippen LogP contribution in [0.25, 0.3) is 0 Å². The van der Waals surface area contributed by atoms with Gasteiger partial charge in [-0.15, -0.1) is 0 Å². The van der Waals surface area contributed by atoms with Gasteiger partial charge in [-0.2, -0.15) is 5.26 Å². The van der Waals surface area contributed by atoms with Crippen LogP contribution in [0.1, 0.15) is 23.2 Å². The molecule has 0 saturated carbocycles. The first kappa shape index (κ1) is 14.5. The van der Waals surface area contributed by atoms with E-state index in [0.717, 1.165) is 0 Å². The maximum atomic E-state index is 12.4. The summed E-state index contributed by atoms with van der Waals surface area (Å²) in [5, 5.41) is 19.6. The van der Waals surface area contributed by atoms with Crippen LogP contribution >= 0.6 is 15.9 Å². The molecule has 1 amide bonds. The average molecular weight is 338 g/mol. The molecule has 0 unspecified atom stereocenters. The van der Waals surface area contributed by atoms with E-state index < -0.39 is 4.92 Å². The molecule has 0 aliphatic carbocycles. The number of hydrogen-bond donors (Lipinski definition) is 0. The molecule has 0 N–H and O–H groups in total. The third kappa shape index (κ3) is 2.96. The molecule has 104 valence electrons. The molecule has 1 saturated heterocycles. The Labute approximate surface area is 124 Å². The quantitative estimate of drug-likeness (QED) is 0.613. The Morgan fingerprint density at radius 1 is 1.45 bits per heavy atom. The van der Waals surface area contributed by atoms with Crippen molar-refractivity contribution in [3.05, 3.63) is 38.3 Å². The summed E-state index contributed by atoms with van der Waals surface area (Å²) in [4.78, 5) is 24.3. The zero-order valence-electron chi connectivity index (χ0n) is 10.6. The fourth-order valence-electron chi connectivity index (χ4n) is 2.17. The number of piperidine rings is 1. The van der Waals surface area contributed by atoms with Crippen molar-refractivity contribution in [1.82, 2.24) is 4.90 Å². The van der Waals surface area contributed by atoms with Gasteiger partial charge in [-0.3, -0.25) is 14.9 Å². The Morgan fingerprint density at radius 2 is 2.10 bits per heavy atom. The number of nitrogens with zero attached hydrogens (tertiary/aromatic N) is 3. The SMILES string of the molecule is N#CC1CCN(C(=O)c2cc([N+](=O)[O-])ccc2Br)CC1. The Bertz CT molecular complexity index is 589. The van der Waals surface area contributed by atoms with Crippen molar-refractivity contribution < 1.29 is 9.72 Å². The molecule has 0 radical (unpaired) electrons. The summed E-state index contributed by atoms with van der Waals surface area (Å²) >= 11 is 3.25. The lowest BCUT2D eigenvalue weighted by Gasteiger charge is -2.29. The lowest BCUT2D eigenvalue weighted by molar-refractivity contribution is -0.384. The molecule has 0 bridgehead atoms. The lowest BCUT2D eigenvalue weighted by Crippen LogP contribution is -2.38. The molecule has 1 aliphatic heterocycles. The van der Waals surface area contributed by atoms with Gasteiger partial charge in [-0.05, 0) is 34.8 Å². The number of nitriles is 1. The number of non-ortho nitro benzene ring substituents is 1. The number of benzene rings is 1. The van der Waals surface area contributed by atoms with Crippen molar-refractivity contribution in [1.29, 1.82) is 5.26 Å². The van der Waals surface area contributed by atoms with Crippen molar-refractivity contribution in [2.24, 2.45) is 5.92 Å². The molecule has 1 aliphatic rings. The summed E-state index contributed by atoms with van der Waals surface area (Å²) in [6.07, 6.45) is 1.30. The molecular weight excluding hydrogens is 326 g/mol. The number of carbonyl (C=O) groups is 1. The van der Waals surface area contributed by atoms with Gasteiger partial charge < -0.3 is 4.90 Å². The van der Waals surface area contributed by atoms with Crippen LogP contribution in [0.2, 0.25) is 0 Å².